The number of carbonyl (C=O) groups excluding carboxylic acids is 1. The Kier molecular flexibility index (Phi) is 11.3. The normalized spacial score (nSPS) is 17.6. The Balaban J connectivity index is 0.000000417. The first kappa shape index (κ1) is 31.5. The molecule has 2 aliphatic rings. The highest BCUT2D eigenvalue weighted by Crippen LogP contribution is 2.37. The van der Waals surface area contributed by atoms with Gasteiger partial charge in [-0.3, -0.25) is 0 Å². The van der Waals surface area contributed by atoms with Crippen LogP contribution in [0.25, 0.3) is 10.8 Å². The summed E-state index contributed by atoms with van der Waals surface area (Å²) in [6.07, 6.45) is 7.43. The highest BCUT2D eigenvalue weighted by Gasteiger charge is 2.42. The van der Waals surface area contributed by atoms with Gasteiger partial charge in [-0.05, 0) is 118 Å². The van der Waals surface area contributed by atoms with Crippen LogP contribution in [0.3, 0.4) is 0 Å². The Morgan fingerprint density at radius 2 is 1.73 bits per heavy atom. The molecule has 1 heterocycles. The number of halogens is 3. The third kappa shape index (κ3) is 8.55. The van der Waals surface area contributed by atoms with E-state index in [0.717, 1.165) is 47.4 Å². The number of hydrogen-bond donors (Lipinski definition) is 2. The van der Waals surface area contributed by atoms with Crippen molar-refractivity contribution in [3.8, 4) is 11.5 Å². The van der Waals surface area contributed by atoms with Crippen molar-refractivity contribution in [1.82, 2.24) is 9.62 Å². The van der Waals surface area contributed by atoms with Gasteiger partial charge in [-0.2, -0.15) is 8.78 Å². The van der Waals surface area contributed by atoms with Crippen molar-refractivity contribution >= 4 is 40.6 Å². The lowest BCUT2D eigenvalue weighted by Crippen LogP contribution is -2.41. The number of piperidine rings is 1. The Hall–Kier alpha value is -2.43. The van der Waals surface area contributed by atoms with Gasteiger partial charge >= 0.3 is 0 Å². The minimum atomic E-state index is -3.46. The van der Waals surface area contributed by atoms with Gasteiger partial charge in [0, 0.05) is 16.5 Å². The molecule has 6 nitrogen and oxygen atoms in total. The second-order valence-electron chi connectivity index (χ2n) is 10.6. The van der Waals surface area contributed by atoms with Gasteiger partial charge in [-0.25, -0.2) is 4.72 Å². The zero-order valence-electron chi connectivity index (χ0n) is 23.5. The summed E-state index contributed by atoms with van der Waals surface area (Å²) < 4.78 is 43.7. The molecule has 0 bridgehead atoms. The summed E-state index contributed by atoms with van der Waals surface area (Å²) in [5.74, 6) is -2.50. The molecule has 0 radical (unpaired) electrons. The van der Waals surface area contributed by atoms with Crippen LogP contribution in [0.2, 0.25) is 5.02 Å². The van der Waals surface area contributed by atoms with Crippen LogP contribution in [0.1, 0.15) is 44.1 Å². The third-order valence-electron chi connectivity index (χ3n) is 7.52. The molecular formula is C31H38ClF2N3O3S. The second-order valence-corrected chi connectivity index (χ2v) is 12.0. The minimum Gasteiger partial charge on any atom is -0.495 e. The molecule has 1 unspecified atom stereocenters. The van der Waals surface area contributed by atoms with Crippen molar-refractivity contribution in [3.63, 3.8) is 0 Å². The quantitative estimate of drug-likeness (QED) is 0.205. The third-order valence-corrected chi connectivity index (χ3v) is 8.69. The molecule has 1 saturated carbocycles. The largest absolute Gasteiger partial charge is 0.495 e. The van der Waals surface area contributed by atoms with E-state index in [1.54, 1.807) is 0 Å². The standard InChI is InChI=1S/C25H24ClF2NO3S.C6H14N2/c1-31-23-14-18(8-11-22(23)26)25(27,28)24(15-30)29-33-21-10-7-16-12-20(9-6-17(16)13-21)32-19-4-2-3-5-19;1-8-4-2-6(7)3-5-8/h6-15,19,24,29H,2-5H2,1H3;6H,2-5,7H2,1H3. The summed E-state index contributed by atoms with van der Waals surface area (Å²) >= 11 is 6.92. The molecule has 41 heavy (non-hydrogen) atoms. The molecule has 3 aromatic rings. The van der Waals surface area contributed by atoms with E-state index in [1.165, 1.54) is 58.0 Å². The van der Waals surface area contributed by atoms with Crippen molar-refractivity contribution in [2.75, 3.05) is 27.2 Å². The Bertz CT molecular complexity index is 1290. The highest BCUT2D eigenvalue weighted by molar-refractivity contribution is 7.97. The molecule has 2 fully saturated rings. The average molecular weight is 606 g/mol. The molecule has 3 aromatic carbocycles. The van der Waals surface area contributed by atoms with Gasteiger partial charge in [-0.1, -0.05) is 29.8 Å². The van der Waals surface area contributed by atoms with Gasteiger partial charge in [0.25, 0.3) is 5.92 Å². The molecule has 0 amide bonds. The van der Waals surface area contributed by atoms with E-state index < -0.39 is 12.0 Å². The molecule has 222 valence electrons. The number of rotatable bonds is 9. The zero-order valence-corrected chi connectivity index (χ0v) is 25.0. The summed E-state index contributed by atoms with van der Waals surface area (Å²) in [6, 6.07) is 13.9. The first-order valence-corrected chi connectivity index (χ1v) is 15.1. The lowest BCUT2D eigenvalue weighted by atomic mass is 10.0. The van der Waals surface area contributed by atoms with Gasteiger partial charge < -0.3 is 24.9 Å². The number of alkyl halides is 2. The molecule has 1 saturated heterocycles. The van der Waals surface area contributed by atoms with Crippen molar-refractivity contribution in [1.29, 1.82) is 0 Å². The smallest absolute Gasteiger partial charge is 0.295 e. The van der Waals surface area contributed by atoms with Crippen molar-refractivity contribution in [2.45, 2.75) is 67.5 Å². The number of nitrogens with one attached hydrogen (secondary N) is 1. The van der Waals surface area contributed by atoms with E-state index in [4.69, 9.17) is 26.8 Å². The topological polar surface area (TPSA) is 76.8 Å². The van der Waals surface area contributed by atoms with Gasteiger partial charge in [0.1, 0.15) is 23.8 Å². The van der Waals surface area contributed by atoms with Crippen LogP contribution >= 0.6 is 23.5 Å². The van der Waals surface area contributed by atoms with Crippen LogP contribution < -0.4 is 19.9 Å². The van der Waals surface area contributed by atoms with Crippen LogP contribution in [-0.4, -0.2) is 56.6 Å². The van der Waals surface area contributed by atoms with Crippen LogP contribution in [0, 0.1) is 0 Å². The number of hydrogen-bond acceptors (Lipinski definition) is 7. The van der Waals surface area contributed by atoms with E-state index in [-0.39, 0.29) is 28.7 Å². The predicted octanol–water partition coefficient (Wildman–Crippen LogP) is 6.82. The molecular weight excluding hydrogens is 568 g/mol. The Morgan fingerprint density at radius 3 is 2.39 bits per heavy atom. The van der Waals surface area contributed by atoms with Crippen LogP contribution in [-0.2, 0) is 10.7 Å². The maximum atomic E-state index is 15.0. The zero-order chi connectivity index (χ0) is 29.4. The predicted molar refractivity (Wildman–Crippen MR) is 162 cm³/mol. The summed E-state index contributed by atoms with van der Waals surface area (Å²) in [7, 11) is 3.49. The van der Waals surface area contributed by atoms with Gasteiger partial charge in [-0.15, -0.1) is 0 Å². The number of carbonyl (C=O) groups is 1. The van der Waals surface area contributed by atoms with E-state index in [0.29, 0.717) is 10.9 Å². The first-order chi connectivity index (χ1) is 19.7. The number of benzene rings is 3. The molecule has 5 rings (SSSR count). The number of fused-ring (bicyclic) bond motifs is 1. The van der Waals surface area contributed by atoms with E-state index in [1.807, 2.05) is 36.4 Å². The fourth-order valence-corrected chi connectivity index (χ4v) is 5.91. The van der Waals surface area contributed by atoms with Crippen molar-refractivity contribution in [2.24, 2.45) is 5.73 Å². The number of aldehydes is 1. The molecule has 10 heteroatoms. The lowest BCUT2D eigenvalue weighted by molar-refractivity contribution is -0.119. The van der Waals surface area contributed by atoms with E-state index in [9.17, 15) is 4.79 Å². The summed E-state index contributed by atoms with van der Waals surface area (Å²) in [5, 5.41) is 2.17. The Labute approximate surface area is 250 Å². The number of nitrogens with two attached hydrogens (primary N) is 1. The summed E-state index contributed by atoms with van der Waals surface area (Å²) in [6.45, 7) is 2.36. The SMILES string of the molecule is CN1CCC(N)CC1.COc1cc(C(F)(F)C(C=O)NSc2ccc3cc(OC4CCCC4)ccc3c2)ccc1Cl. The minimum absolute atomic E-state index is 0.122. The maximum absolute atomic E-state index is 15.0. The van der Waals surface area contributed by atoms with E-state index in [2.05, 4.69) is 16.7 Å². The number of likely N-dealkylation sites (tertiary alicyclic amines) is 1. The molecule has 1 aliphatic heterocycles. The molecule has 1 atom stereocenters. The number of methoxy groups -OCH3 is 1. The fraction of sp³-hybridized carbons (Fsp3) is 0.452. The molecule has 1 aliphatic carbocycles. The fourth-order valence-electron chi connectivity index (χ4n) is 4.93. The van der Waals surface area contributed by atoms with Gasteiger partial charge in [0.2, 0.25) is 0 Å². The summed E-state index contributed by atoms with van der Waals surface area (Å²) in [5.41, 5.74) is 5.31. The number of nitrogens with zero attached hydrogens (tertiary/aromatic N) is 1. The monoisotopic (exact) mass is 605 g/mol. The van der Waals surface area contributed by atoms with Crippen molar-refractivity contribution in [3.05, 3.63) is 65.2 Å². The van der Waals surface area contributed by atoms with Crippen LogP contribution in [0.15, 0.2) is 59.5 Å². The second kappa shape index (κ2) is 14.6. The molecule has 3 N–H and O–H groups in total. The van der Waals surface area contributed by atoms with E-state index >= 15 is 8.78 Å². The van der Waals surface area contributed by atoms with Crippen molar-refractivity contribution < 1.29 is 23.0 Å². The molecule has 0 spiro atoms. The highest BCUT2D eigenvalue weighted by atomic mass is 35.5. The van der Waals surface area contributed by atoms with Crippen LogP contribution in [0.4, 0.5) is 8.78 Å². The number of ether oxygens (including phenoxy) is 2. The average Bonchev–Trinajstić information content (AvgIpc) is 3.48. The van der Waals surface area contributed by atoms with Crippen LogP contribution in [0.5, 0.6) is 11.5 Å². The maximum Gasteiger partial charge on any atom is 0.295 e. The van der Waals surface area contributed by atoms with Gasteiger partial charge in [0.15, 0.2) is 0 Å². The first-order valence-electron chi connectivity index (χ1n) is 13.9. The lowest BCUT2D eigenvalue weighted by Gasteiger charge is -2.25. The van der Waals surface area contributed by atoms with Gasteiger partial charge in [0.05, 0.1) is 18.2 Å². The molecule has 0 aromatic heterocycles. The Morgan fingerprint density at radius 1 is 1.05 bits per heavy atom. The summed E-state index contributed by atoms with van der Waals surface area (Å²) in [4.78, 5) is 14.6.